The first-order chi connectivity index (χ1) is 20.3. The molecule has 5 N–H and O–H groups in total. The lowest BCUT2D eigenvalue weighted by Gasteiger charge is -2.29. The van der Waals surface area contributed by atoms with E-state index < -0.39 is 5.92 Å². The van der Waals surface area contributed by atoms with Crippen LogP contribution >= 0.6 is 0 Å². The van der Waals surface area contributed by atoms with Crippen LogP contribution < -0.4 is 15.5 Å². The van der Waals surface area contributed by atoms with Crippen LogP contribution in [0.5, 0.6) is 11.5 Å². The number of anilines is 1. The third-order valence-corrected chi connectivity index (χ3v) is 7.79. The predicted molar refractivity (Wildman–Crippen MR) is 161 cm³/mol. The summed E-state index contributed by atoms with van der Waals surface area (Å²) in [5.74, 6) is -0.331. The number of phenolic OH excluding ortho intramolecular Hbond substituents is 1. The summed E-state index contributed by atoms with van der Waals surface area (Å²) >= 11 is 0. The first-order valence-corrected chi connectivity index (χ1v) is 14.7. The number of hydrogen-bond donors (Lipinski definition) is 4. The summed E-state index contributed by atoms with van der Waals surface area (Å²) in [7, 11) is 1.46. The number of methoxy groups -OCH3 is 1. The first-order valence-electron chi connectivity index (χ1n) is 14.7. The van der Waals surface area contributed by atoms with Gasteiger partial charge in [0.1, 0.15) is 17.4 Å². The van der Waals surface area contributed by atoms with E-state index in [0.29, 0.717) is 37.1 Å². The van der Waals surface area contributed by atoms with E-state index in [0.717, 1.165) is 36.1 Å². The second-order valence-corrected chi connectivity index (χ2v) is 11.0. The van der Waals surface area contributed by atoms with Gasteiger partial charge in [-0.1, -0.05) is 31.5 Å². The molecule has 0 bridgehead atoms. The van der Waals surface area contributed by atoms with Crippen molar-refractivity contribution in [1.29, 1.82) is 0 Å². The minimum Gasteiger partial charge on any atom is -0.668 e. The van der Waals surface area contributed by atoms with Crippen molar-refractivity contribution in [2.24, 2.45) is 11.8 Å². The summed E-state index contributed by atoms with van der Waals surface area (Å²) in [5, 5.41) is 31.2. The van der Waals surface area contributed by atoms with Gasteiger partial charge in [0.25, 0.3) is 0 Å². The van der Waals surface area contributed by atoms with Gasteiger partial charge in [-0.05, 0) is 73.3 Å². The standard InChI is InChI=1S/C33H44N3O6/c1-3-6-22(20-37)7-4-9-27(39)19-28(40)11-10-23-15-29(33(41)30(16-23)42-2)32(24-12-14-36-31(34)18-24)25(21-38)17-26-8-5-13-35-26/h5,8,12-16,18,22,25,32,37-38,41H,3-4,6-7,9-11,17,19-21H2,1-2H3,(H2,34,36)/q-1/t22-,25-,32-/m0/s1. The van der Waals surface area contributed by atoms with E-state index in [1.54, 1.807) is 30.6 Å². The number of aryl methyl sites for hydroxylation is 1. The molecule has 0 aliphatic rings. The minimum absolute atomic E-state index is 0.0543. The summed E-state index contributed by atoms with van der Waals surface area (Å²) in [6.45, 7) is 2.02. The molecular weight excluding hydrogens is 534 g/mol. The summed E-state index contributed by atoms with van der Waals surface area (Å²) < 4.78 is 5.50. The molecule has 1 aromatic carbocycles. The Morgan fingerprint density at radius 3 is 2.50 bits per heavy atom. The van der Waals surface area contributed by atoms with Crippen molar-refractivity contribution >= 4 is 17.4 Å². The Hall–Kier alpha value is -3.69. The molecule has 9 nitrogen and oxygen atoms in total. The number of rotatable bonds is 19. The maximum Gasteiger partial charge on any atom is 0.161 e. The van der Waals surface area contributed by atoms with Crippen molar-refractivity contribution < 1.29 is 29.6 Å². The molecule has 0 saturated carbocycles. The van der Waals surface area contributed by atoms with E-state index >= 15 is 0 Å². The zero-order chi connectivity index (χ0) is 30.5. The van der Waals surface area contributed by atoms with Crippen molar-refractivity contribution in [1.82, 2.24) is 9.97 Å². The second kappa shape index (κ2) is 16.7. The zero-order valence-electron chi connectivity index (χ0n) is 24.7. The van der Waals surface area contributed by atoms with Crippen molar-refractivity contribution in [3.05, 3.63) is 71.2 Å². The Labute approximate surface area is 248 Å². The third-order valence-electron chi connectivity index (χ3n) is 7.79. The van der Waals surface area contributed by atoms with Crippen LogP contribution in [0.15, 0.2) is 48.8 Å². The molecule has 9 heteroatoms. The number of aliphatic hydroxyl groups excluding tert-OH is 2. The van der Waals surface area contributed by atoms with Gasteiger partial charge in [0, 0.05) is 43.7 Å². The van der Waals surface area contributed by atoms with E-state index in [2.05, 4.69) is 16.9 Å². The topological polar surface area (TPSA) is 157 Å². The average molecular weight is 579 g/mol. The summed E-state index contributed by atoms with van der Waals surface area (Å²) in [6.07, 6.45) is 7.87. The summed E-state index contributed by atoms with van der Waals surface area (Å²) in [4.78, 5) is 33.6. The molecule has 42 heavy (non-hydrogen) atoms. The molecule has 0 aliphatic heterocycles. The number of carbonyl (C=O) groups is 2. The number of carbonyl (C=O) groups excluding carboxylic acids is 2. The number of aromatic nitrogens is 2. The predicted octanol–water partition coefficient (Wildman–Crippen LogP) is 4.36. The fourth-order valence-corrected chi connectivity index (χ4v) is 5.61. The van der Waals surface area contributed by atoms with E-state index in [1.807, 2.05) is 18.2 Å². The van der Waals surface area contributed by atoms with Crippen LogP contribution in [-0.2, 0) is 22.4 Å². The molecule has 3 atom stereocenters. The van der Waals surface area contributed by atoms with E-state index in [1.165, 1.54) is 7.11 Å². The Balaban J connectivity index is 1.79. The van der Waals surface area contributed by atoms with Gasteiger partial charge >= 0.3 is 0 Å². The molecule has 3 rings (SSSR count). The van der Waals surface area contributed by atoms with Gasteiger partial charge in [0.05, 0.1) is 13.5 Å². The number of ether oxygens (including phenoxy) is 1. The molecule has 228 valence electrons. The smallest absolute Gasteiger partial charge is 0.161 e. The Morgan fingerprint density at radius 2 is 1.86 bits per heavy atom. The number of nitrogens with zero attached hydrogens (tertiary/aromatic N) is 2. The maximum absolute atomic E-state index is 12.7. The number of Topliss-reactive ketones (excluding diaryl/α,β-unsaturated/α-hetero) is 2. The molecule has 0 spiro atoms. The van der Waals surface area contributed by atoms with Crippen LogP contribution in [0.25, 0.3) is 0 Å². The van der Waals surface area contributed by atoms with Gasteiger partial charge in [-0.15, -0.1) is 0 Å². The normalized spacial score (nSPS) is 13.4. The van der Waals surface area contributed by atoms with Crippen molar-refractivity contribution in [2.75, 3.05) is 26.1 Å². The van der Waals surface area contributed by atoms with Crippen LogP contribution in [0.4, 0.5) is 5.82 Å². The number of aliphatic hydroxyl groups is 2. The van der Waals surface area contributed by atoms with E-state index in [-0.39, 0.29) is 61.0 Å². The number of benzene rings is 1. The highest BCUT2D eigenvalue weighted by molar-refractivity contribution is 5.99. The van der Waals surface area contributed by atoms with Gasteiger partial charge in [-0.25, -0.2) is 4.98 Å². The highest BCUT2D eigenvalue weighted by Crippen LogP contribution is 2.43. The molecule has 3 aromatic rings. The molecule has 2 aromatic heterocycles. The van der Waals surface area contributed by atoms with Crippen molar-refractivity contribution in [2.45, 2.75) is 70.6 Å². The second-order valence-electron chi connectivity index (χ2n) is 11.0. The number of nitrogen functional groups attached to an aromatic ring is 1. The lowest BCUT2D eigenvalue weighted by atomic mass is 9.78. The summed E-state index contributed by atoms with van der Waals surface area (Å²) in [6, 6.07) is 10.8. The van der Waals surface area contributed by atoms with Crippen LogP contribution in [0.1, 0.15) is 80.2 Å². The molecule has 0 unspecified atom stereocenters. The van der Waals surface area contributed by atoms with Gasteiger partial charge in [0.15, 0.2) is 11.5 Å². The molecular formula is C33H44N3O6-. The third kappa shape index (κ3) is 9.42. The minimum atomic E-state index is -0.474. The molecule has 0 radical (unpaired) electrons. The number of hydrogen-bond acceptors (Lipinski definition) is 8. The monoisotopic (exact) mass is 578 g/mol. The Morgan fingerprint density at radius 1 is 1.07 bits per heavy atom. The van der Waals surface area contributed by atoms with Crippen LogP contribution in [-0.4, -0.2) is 52.2 Å². The lowest BCUT2D eigenvalue weighted by Crippen LogP contribution is -2.22. The van der Waals surface area contributed by atoms with Gasteiger partial charge in [-0.2, -0.15) is 11.9 Å². The Kier molecular flexibility index (Phi) is 13.0. The number of aromatic hydroxyl groups is 1. The fourth-order valence-electron chi connectivity index (χ4n) is 5.61. The molecule has 0 aliphatic carbocycles. The van der Waals surface area contributed by atoms with Gasteiger partial charge < -0.3 is 30.8 Å². The van der Waals surface area contributed by atoms with E-state index in [9.17, 15) is 24.9 Å². The molecule has 0 amide bonds. The highest BCUT2D eigenvalue weighted by Gasteiger charge is 2.29. The highest BCUT2D eigenvalue weighted by atomic mass is 16.5. The fraction of sp³-hybridized carbons (Fsp3) is 0.485. The molecule has 0 saturated heterocycles. The first kappa shape index (κ1) is 32.8. The van der Waals surface area contributed by atoms with Crippen LogP contribution in [0, 0.1) is 11.8 Å². The van der Waals surface area contributed by atoms with Crippen molar-refractivity contribution in [3.8, 4) is 11.5 Å². The molecule has 2 heterocycles. The SMILES string of the molecule is CCC[C@H](CO)CCCC(=O)CC(=O)CCc1cc(OC)c(O)c([C@@H](c2ccnc(N)c2)[C@H](CO)Cc2ccc[n-]2)c1. The van der Waals surface area contributed by atoms with Gasteiger partial charge in [-0.3, -0.25) is 9.59 Å². The number of pyridine rings is 1. The van der Waals surface area contributed by atoms with Crippen molar-refractivity contribution in [3.63, 3.8) is 0 Å². The quantitative estimate of drug-likeness (QED) is 0.152. The maximum atomic E-state index is 12.7. The zero-order valence-corrected chi connectivity index (χ0v) is 24.7. The molecule has 0 fully saturated rings. The Bertz CT molecular complexity index is 1280. The number of nitrogens with two attached hydrogens (primary N) is 1. The van der Waals surface area contributed by atoms with Crippen LogP contribution in [0.3, 0.4) is 0 Å². The number of ketones is 2. The van der Waals surface area contributed by atoms with E-state index in [4.69, 9.17) is 10.5 Å². The largest absolute Gasteiger partial charge is 0.668 e. The van der Waals surface area contributed by atoms with Crippen LogP contribution in [0.2, 0.25) is 0 Å². The number of phenols is 1. The lowest BCUT2D eigenvalue weighted by molar-refractivity contribution is -0.127. The van der Waals surface area contributed by atoms with Gasteiger partial charge in [0.2, 0.25) is 0 Å². The summed E-state index contributed by atoms with van der Waals surface area (Å²) in [5.41, 5.74) is 8.90. The average Bonchev–Trinajstić information content (AvgIpc) is 3.49.